The molecule has 0 aliphatic carbocycles. The smallest absolute Gasteiger partial charge is 0 e. The first kappa shape index (κ1) is 22.4. The molecule has 0 saturated carbocycles. The van der Waals surface area contributed by atoms with Gasteiger partial charge < -0.3 is 14.7 Å². The molecule has 0 bridgehead atoms. The molecule has 0 aliphatic heterocycles. The Kier molecular flexibility index (Phi) is 26.3. The second kappa shape index (κ2) is 9.39. The quantitative estimate of drug-likeness (QED) is 0.344. The van der Waals surface area contributed by atoms with Crippen molar-refractivity contribution in [1.29, 1.82) is 0 Å². The summed E-state index contributed by atoms with van der Waals surface area (Å²) in [5, 5.41) is 0. The topological polar surface area (TPSA) is 77.8 Å². The van der Waals surface area contributed by atoms with E-state index in [1.807, 2.05) is 0 Å². The van der Waals surface area contributed by atoms with Crippen LogP contribution in [0.1, 0.15) is 0 Å². The minimum Gasteiger partial charge on any atom is 0 e. The molecule has 0 heterocycles. The van der Waals surface area contributed by atoms with Crippen molar-refractivity contribution in [2.45, 2.75) is 0 Å². The standard InChI is InChI=1S/F.K.H3O4P.Ti.H/c;;1-5(2,3)4;;/h;;(H3,1,2,3,4);;. The fourth-order valence-corrected chi connectivity index (χ4v) is 0. The number of halogens is 1. The molecule has 0 rings (SSSR count). The zero-order valence-corrected chi connectivity index (χ0v) is 5.53. The maximum atomic E-state index is 8.88. The molecule has 3 N–H and O–H groups in total. The number of hydrogen-bond acceptors (Lipinski definition) is 1. The first-order valence-electron chi connectivity index (χ1n) is 0.783. The van der Waals surface area contributed by atoms with Crippen molar-refractivity contribution in [2.24, 2.45) is 0 Å². The summed E-state index contributed by atoms with van der Waals surface area (Å²) in [5.74, 6) is 0. The van der Waals surface area contributed by atoms with E-state index in [1.54, 1.807) is 0 Å². The molecule has 0 aliphatic rings. The minimum absolute atomic E-state index is 0. The van der Waals surface area contributed by atoms with Crippen LogP contribution in [0.25, 0.3) is 0 Å². The van der Waals surface area contributed by atoms with Gasteiger partial charge in [-0.15, -0.1) is 0 Å². The molecule has 0 unspecified atom stereocenters. The molecular weight excluding hydrogens is 201 g/mol. The maximum Gasteiger partial charge on any atom is 0 e. The number of rotatable bonds is 0. The van der Waals surface area contributed by atoms with Gasteiger partial charge in [0.1, 0.15) is 0 Å². The summed E-state index contributed by atoms with van der Waals surface area (Å²) < 4.78 is 8.88. The third-order valence-corrected chi connectivity index (χ3v) is 0. The van der Waals surface area contributed by atoms with Crippen LogP contribution in [0.4, 0.5) is 4.70 Å². The maximum absolute atomic E-state index is 8.88. The Balaban J connectivity index is -0.0000000267. The Bertz CT molecular complexity index is 62.2. The Morgan fingerprint density at radius 2 is 1.12 bits per heavy atom. The van der Waals surface area contributed by atoms with Crippen LogP contribution in [0.3, 0.4) is 0 Å². The van der Waals surface area contributed by atoms with Crippen molar-refractivity contribution >= 4 is 59.2 Å². The fraction of sp³-hybridized carbons (Fsp3) is 0. The minimum atomic E-state index is -4.64. The van der Waals surface area contributed by atoms with Crippen molar-refractivity contribution in [3.8, 4) is 0 Å². The fourth-order valence-electron chi connectivity index (χ4n) is 0. The van der Waals surface area contributed by atoms with Crippen LogP contribution in [-0.4, -0.2) is 66.1 Å². The molecule has 0 atom stereocenters. The second-order valence-corrected chi connectivity index (χ2v) is 1.54. The Morgan fingerprint density at radius 3 is 1.12 bits per heavy atom. The average Bonchev–Trinajstić information content (AvgIpc) is 0.722. The van der Waals surface area contributed by atoms with E-state index < -0.39 is 7.82 Å². The Labute approximate surface area is 103 Å². The molecule has 0 aromatic rings. The van der Waals surface area contributed by atoms with E-state index >= 15 is 0 Å². The van der Waals surface area contributed by atoms with Crippen molar-refractivity contribution in [2.75, 3.05) is 0 Å². The second-order valence-electron chi connectivity index (χ2n) is 0.513. The molecule has 0 saturated heterocycles. The van der Waals surface area contributed by atoms with E-state index in [0.29, 0.717) is 0 Å². The average molecular weight is 205 g/mol. The van der Waals surface area contributed by atoms with Gasteiger partial charge in [-0.3, -0.25) is 0 Å². The molecule has 0 fully saturated rings. The van der Waals surface area contributed by atoms with Gasteiger partial charge in [0.2, 0.25) is 0 Å². The Morgan fingerprint density at radius 1 is 1.12 bits per heavy atom. The van der Waals surface area contributed by atoms with Crippen molar-refractivity contribution in [1.82, 2.24) is 0 Å². The van der Waals surface area contributed by atoms with Gasteiger partial charge in [-0.05, 0) is 0 Å². The molecule has 4 nitrogen and oxygen atoms in total. The van der Waals surface area contributed by atoms with Crippen LogP contribution in [0.5, 0.6) is 0 Å². The van der Waals surface area contributed by atoms with E-state index in [1.165, 1.54) is 0 Å². The van der Waals surface area contributed by atoms with E-state index in [9.17, 15) is 0 Å². The van der Waals surface area contributed by atoms with Gasteiger partial charge in [-0.1, -0.05) is 0 Å². The molecule has 1 radical (unpaired) electrons. The summed E-state index contributed by atoms with van der Waals surface area (Å²) in [4.78, 5) is 21.6. The first-order valence-corrected chi connectivity index (χ1v) is 2.35. The van der Waals surface area contributed by atoms with Gasteiger partial charge in [0.15, 0.2) is 0 Å². The number of hydrogen-bond donors (Lipinski definition) is 3. The van der Waals surface area contributed by atoms with Crippen LogP contribution in [0.15, 0.2) is 0 Å². The van der Waals surface area contributed by atoms with E-state index in [-0.39, 0.29) is 77.8 Å². The zero-order chi connectivity index (χ0) is 4.50. The van der Waals surface area contributed by atoms with Crippen molar-refractivity contribution in [3.63, 3.8) is 0 Å². The third-order valence-electron chi connectivity index (χ3n) is 0. The van der Waals surface area contributed by atoms with Gasteiger partial charge in [-0.25, -0.2) is 4.57 Å². The summed E-state index contributed by atoms with van der Waals surface area (Å²) in [6.45, 7) is 0. The van der Waals surface area contributed by atoms with Gasteiger partial charge in [0.25, 0.3) is 0 Å². The van der Waals surface area contributed by atoms with Crippen LogP contribution in [0, 0.1) is 0 Å². The zero-order valence-electron chi connectivity index (χ0n) is 3.08. The van der Waals surface area contributed by atoms with Crippen LogP contribution in [-0.2, 0) is 26.3 Å². The summed E-state index contributed by atoms with van der Waals surface area (Å²) in [6.07, 6.45) is 0. The molecule has 45 valence electrons. The molecular formula is H4FKO4PTi. The summed E-state index contributed by atoms with van der Waals surface area (Å²) in [6, 6.07) is 0. The first-order chi connectivity index (χ1) is 2.00. The van der Waals surface area contributed by atoms with E-state index in [2.05, 4.69) is 0 Å². The molecule has 0 spiro atoms. The third kappa shape index (κ3) is 80.2. The van der Waals surface area contributed by atoms with Crippen LogP contribution >= 0.6 is 7.82 Å². The van der Waals surface area contributed by atoms with E-state index in [0.717, 1.165) is 0 Å². The van der Waals surface area contributed by atoms with Gasteiger partial charge in [0, 0.05) is 26.4 Å². The molecule has 0 aromatic heterocycles. The van der Waals surface area contributed by atoms with Crippen LogP contribution < -0.4 is 0 Å². The predicted molar refractivity (Wildman–Crippen MR) is 22.5 cm³/mol. The summed E-state index contributed by atoms with van der Waals surface area (Å²) >= 11 is 0. The SMILES string of the molecule is O=P(O)(O)O.[F].[KH].[Ti]. The van der Waals surface area contributed by atoms with Crippen LogP contribution in [0.2, 0.25) is 0 Å². The van der Waals surface area contributed by atoms with Crippen molar-refractivity contribution < 1.29 is 45.7 Å². The van der Waals surface area contributed by atoms with Gasteiger partial charge in [0.05, 0.1) is 0 Å². The molecule has 8 heteroatoms. The largest absolute Gasteiger partial charge is 0 e. The molecule has 8 heavy (non-hydrogen) atoms. The van der Waals surface area contributed by atoms with Crippen molar-refractivity contribution in [3.05, 3.63) is 0 Å². The summed E-state index contributed by atoms with van der Waals surface area (Å²) in [5.41, 5.74) is 0. The predicted octanol–water partition coefficient (Wildman–Crippen LogP) is -1.16. The van der Waals surface area contributed by atoms with Gasteiger partial charge in [-0.2, -0.15) is 0 Å². The Hall–Kier alpha value is 2.39. The summed E-state index contributed by atoms with van der Waals surface area (Å²) in [7, 11) is -4.64. The molecule has 0 amide bonds. The van der Waals surface area contributed by atoms with E-state index in [4.69, 9.17) is 19.2 Å². The normalized spacial score (nSPS) is 7.38. The van der Waals surface area contributed by atoms with Gasteiger partial charge >= 0.3 is 59.2 Å². The molecule has 0 aromatic carbocycles. The number of phosphoric acid groups is 1. The monoisotopic (exact) mass is 205 g/mol.